The Morgan fingerprint density at radius 1 is 1.21 bits per heavy atom. The highest BCUT2D eigenvalue weighted by atomic mass is 32.2. The van der Waals surface area contributed by atoms with Crippen molar-refractivity contribution in [1.82, 2.24) is 20.1 Å². The highest BCUT2D eigenvalue weighted by molar-refractivity contribution is 7.99. The minimum Gasteiger partial charge on any atom is -0.461 e. The molecule has 2 N–H and O–H groups in total. The van der Waals surface area contributed by atoms with E-state index in [-0.39, 0.29) is 23.6 Å². The number of para-hydroxylation sites is 1. The van der Waals surface area contributed by atoms with Crippen LogP contribution in [0.4, 0.5) is 5.69 Å². The number of benzene rings is 1. The molecule has 3 aromatic rings. The summed E-state index contributed by atoms with van der Waals surface area (Å²) in [6, 6.07) is 10.8. The maximum absolute atomic E-state index is 12.4. The summed E-state index contributed by atoms with van der Waals surface area (Å²) in [5.41, 5.74) is 0.965. The van der Waals surface area contributed by atoms with Crippen molar-refractivity contribution in [2.75, 3.05) is 11.1 Å². The lowest BCUT2D eigenvalue weighted by atomic mass is 10.1. The number of furan rings is 1. The van der Waals surface area contributed by atoms with Gasteiger partial charge in [-0.25, -0.2) is 0 Å². The van der Waals surface area contributed by atoms with E-state index in [4.69, 9.17) is 4.42 Å². The second kappa shape index (κ2) is 7.89. The van der Waals surface area contributed by atoms with Gasteiger partial charge in [-0.15, -0.1) is 10.2 Å². The summed E-state index contributed by atoms with van der Waals surface area (Å²) < 4.78 is 7.11. The molecule has 2 heterocycles. The van der Waals surface area contributed by atoms with Crippen LogP contribution in [0.3, 0.4) is 0 Å². The average Bonchev–Trinajstić information content (AvgIpc) is 3.19. The van der Waals surface area contributed by atoms with Crippen molar-refractivity contribution >= 4 is 29.3 Å². The van der Waals surface area contributed by atoms with Crippen LogP contribution in [0.5, 0.6) is 0 Å². The zero-order valence-corrected chi connectivity index (χ0v) is 16.0. The van der Waals surface area contributed by atoms with E-state index in [0.29, 0.717) is 28.0 Å². The van der Waals surface area contributed by atoms with Crippen LogP contribution in [0.15, 0.2) is 52.2 Å². The van der Waals surface area contributed by atoms with Gasteiger partial charge in [0.05, 0.1) is 23.3 Å². The van der Waals surface area contributed by atoms with E-state index in [1.807, 2.05) is 7.05 Å². The topological polar surface area (TPSA) is 102 Å². The molecule has 0 radical (unpaired) electrons. The molecule has 4 rings (SSSR count). The minimum absolute atomic E-state index is 0.142. The maximum Gasteiger partial charge on any atom is 0.253 e. The number of nitrogens with zero attached hydrogens (tertiary/aromatic N) is 3. The van der Waals surface area contributed by atoms with Gasteiger partial charge < -0.3 is 19.6 Å². The van der Waals surface area contributed by atoms with Gasteiger partial charge in [-0.05, 0) is 37.1 Å². The van der Waals surface area contributed by atoms with Gasteiger partial charge in [0, 0.05) is 13.1 Å². The van der Waals surface area contributed by atoms with Crippen molar-refractivity contribution in [2.24, 2.45) is 7.05 Å². The first-order valence-electron chi connectivity index (χ1n) is 8.87. The third kappa shape index (κ3) is 4.09. The number of aromatic nitrogens is 3. The molecule has 0 atom stereocenters. The van der Waals surface area contributed by atoms with Gasteiger partial charge in [-0.2, -0.15) is 0 Å². The van der Waals surface area contributed by atoms with Gasteiger partial charge in [0.25, 0.3) is 5.91 Å². The predicted octanol–water partition coefficient (Wildman–Crippen LogP) is 2.70. The summed E-state index contributed by atoms with van der Waals surface area (Å²) in [4.78, 5) is 24.7. The minimum atomic E-state index is -0.223. The van der Waals surface area contributed by atoms with Gasteiger partial charge in [-0.1, -0.05) is 23.9 Å². The fourth-order valence-electron chi connectivity index (χ4n) is 2.66. The summed E-state index contributed by atoms with van der Waals surface area (Å²) in [5, 5.41) is 14.6. The first-order chi connectivity index (χ1) is 13.6. The van der Waals surface area contributed by atoms with Crippen LogP contribution < -0.4 is 10.6 Å². The van der Waals surface area contributed by atoms with Gasteiger partial charge in [0.15, 0.2) is 16.7 Å². The van der Waals surface area contributed by atoms with Crippen LogP contribution in [0, 0.1) is 0 Å². The van der Waals surface area contributed by atoms with E-state index < -0.39 is 0 Å². The quantitative estimate of drug-likeness (QED) is 0.595. The Bertz CT molecular complexity index is 995. The predicted molar refractivity (Wildman–Crippen MR) is 105 cm³/mol. The number of rotatable bonds is 7. The average molecular weight is 397 g/mol. The number of hydrogen-bond donors (Lipinski definition) is 2. The largest absolute Gasteiger partial charge is 0.461 e. The summed E-state index contributed by atoms with van der Waals surface area (Å²) in [6.45, 7) is 0. The van der Waals surface area contributed by atoms with Crippen molar-refractivity contribution in [2.45, 2.75) is 24.0 Å². The molecule has 0 saturated heterocycles. The SMILES string of the molecule is Cn1c(SCC(=O)Nc2ccccc2C(=O)NC2CC2)nnc1-c1ccco1. The Hall–Kier alpha value is -3.07. The lowest BCUT2D eigenvalue weighted by Gasteiger charge is -2.11. The highest BCUT2D eigenvalue weighted by Gasteiger charge is 2.25. The van der Waals surface area contributed by atoms with Crippen molar-refractivity contribution in [1.29, 1.82) is 0 Å². The number of thioether (sulfide) groups is 1. The molecule has 1 aromatic carbocycles. The zero-order valence-electron chi connectivity index (χ0n) is 15.2. The van der Waals surface area contributed by atoms with Crippen LogP contribution in [0.1, 0.15) is 23.2 Å². The Balaban J connectivity index is 1.38. The molecular weight excluding hydrogens is 378 g/mol. The van der Waals surface area contributed by atoms with Crippen LogP contribution >= 0.6 is 11.8 Å². The van der Waals surface area contributed by atoms with Gasteiger partial charge in [0.1, 0.15) is 0 Å². The van der Waals surface area contributed by atoms with E-state index in [1.165, 1.54) is 11.8 Å². The first kappa shape index (κ1) is 18.3. The standard InChI is InChI=1S/C19H19N5O3S/c1-24-17(15-7-4-10-27-15)22-23-19(24)28-11-16(25)21-14-6-3-2-5-13(14)18(26)20-12-8-9-12/h2-7,10,12H,8-9,11H2,1H3,(H,20,26)(H,21,25). The van der Waals surface area contributed by atoms with Crippen LogP contribution in [0.25, 0.3) is 11.6 Å². The van der Waals surface area contributed by atoms with E-state index >= 15 is 0 Å². The molecule has 0 bridgehead atoms. The Labute approximate surface area is 165 Å². The smallest absolute Gasteiger partial charge is 0.253 e. The number of carbonyl (C=O) groups is 2. The fraction of sp³-hybridized carbons (Fsp3) is 0.263. The molecule has 1 aliphatic rings. The molecular formula is C19H19N5O3S. The summed E-state index contributed by atoms with van der Waals surface area (Å²) in [5.74, 6) is 0.960. The third-order valence-electron chi connectivity index (χ3n) is 4.27. The molecule has 9 heteroatoms. The van der Waals surface area contributed by atoms with Crippen molar-refractivity contribution in [3.05, 3.63) is 48.2 Å². The first-order valence-corrected chi connectivity index (χ1v) is 9.86. The summed E-state index contributed by atoms with van der Waals surface area (Å²) in [6.07, 6.45) is 3.59. The monoisotopic (exact) mass is 397 g/mol. The Morgan fingerprint density at radius 3 is 2.79 bits per heavy atom. The fourth-order valence-corrected chi connectivity index (χ4v) is 3.37. The molecule has 1 aliphatic carbocycles. The molecule has 1 saturated carbocycles. The van der Waals surface area contributed by atoms with Crippen molar-refractivity contribution in [3.63, 3.8) is 0 Å². The molecule has 0 unspecified atom stereocenters. The molecule has 2 amide bonds. The number of amides is 2. The molecule has 8 nitrogen and oxygen atoms in total. The number of nitrogens with one attached hydrogen (secondary N) is 2. The molecule has 144 valence electrons. The molecule has 0 spiro atoms. The summed E-state index contributed by atoms with van der Waals surface area (Å²) >= 11 is 1.26. The second-order valence-corrected chi connectivity index (χ2v) is 7.42. The molecule has 28 heavy (non-hydrogen) atoms. The molecule has 2 aromatic heterocycles. The number of hydrogen-bond acceptors (Lipinski definition) is 6. The molecule has 1 fully saturated rings. The van der Waals surface area contributed by atoms with Crippen LogP contribution in [-0.2, 0) is 11.8 Å². The maximum atomic E-state index is 12.4. The van der Waals surface area contributed by atoms with E-state index in [9.17, 15) is 9.59 Å². The second-order valence-electron chi connectivity index (χ2n) is 6.47. The normalized spacial score (nSPS) is 13.3. The lowest BCUT2D eigenvalue weighted by molar-refractivity contribution is -0.113. The van der Waals surface area contributed by atoms with E-state index in [2.05, 4.69) is 20.8 Å². The van der Waals surface area contributed by atoms with Crippen LogP contribution in [0.2, 0.25) is 0 Å². The van der Waals surface area contributed by atoms with Crippen molar-refractivity contribution < 1.29 is 14.0 Å². The van der Waals surface area contributed by atoms with Crippen molar-refractivity contribution in [3.8, 4) is 11.6 Å². The number of carbonyl (C=O) groups excluding carboxylic acids is 2. The van der Waals surface area contributed by atoms with E-state index in [1.54, 1.807) is 47.2 Å². The molecule has 0 aliphatic heterocycles. The Morgan fingerprint density at radius 2 is 2.04 bits per heavy atom. The van der Waals surface area contributed by atoms with Crippen LogP contribution in [-0.4, -0.2) is 38.4 Å². The third-order valence-corrected chi connectivity index (χ3v) is 5.29. The number of anilines is 1. The summed E-state index contributed by atoms with van der Waals surface area (Å²) in [7, 11) is 1.82. The Kier molecular flexibility index (Phi) is 5.16. The zero-order chi connectivity index (χ0) is 19.5. The van der Waals surface area contributed by atoms with Gasteiger partial charge >= 0.3 is 0 Å². The highest BCUT2D eigenvalue weighted by Crippen LogP contribution is 2.24. The lowest BCUT2D eigenvalue weighted by Crippen LogP contribution is -2.27. The van der Waals surface area contributed by atoms with Gasteiger partial charge in [0.2, 0.25) is 5.91 Å². The van der Waals surface area contributed by atoms with E-state index in [0.717, 1.165) is 12.8 Å². The van der Waals surface area contributed by atoms with Gasteiger partial charge in [-0.3, -0.25) is 9.59 Å².